The first-order valence-corrected chi connectivity index (χ1v) is 8.45. The number of hydrogen-bond acceptors (Lipinski definition) is 4. The molecule has 1 aliphatic heterocycles. The first-order chi connectivity index (χ1) is 12.5. The molecule has 6 heteroatoms. The van der Waals surface area contributed by atoms with E-state index in [0.29, 0.717) is 24.5 Å². The highest BCUT2D eigenvalue weighted by atomic mass is 16.5. The van der Waals surface area contributed by atoms with Gasteiger partial charge in [-0.25, -0.2) is 4.79 Å². The van der Waals surface area contributed by atoms with E-state index in [1.54, 1.807) is 24.3 Å². The minimum atomic E-state index is -1.06. The zero-order valence-electron chi connectivity index (χ0n) is 14.6. The highest BCUT2D eigenvalue weighted by molar-refractivity contribution is 5.95. The van der Waals surface area contributed by atoms with Gasteiger partial charge in [0, 0.05) is 12.1 Å². The first-order valence-electron chi connectivity index (χ1n) is 8.45. The Morgan fingerprint density at radius 3 is 2.81 bits per heavy atom. The number of ether oxygens (including phenoxy) is 2. The first kappa shape index (κ1) is 17.9. The molecule has 3 rings (SSSR count). The molecule has 0 radical (unpaired) electrons. The van der Waals surface area contributed by atoms with Gasteiger partial charge in [-0.15, -0.1) is 0 Å². The highest BCUT2D eigenvalue weighted by Gasteiger charge is 2.29. The lowest BCUT2D eigenvalue weighted by molar-refractivity contribution is -0.154. The summed E-state index contributed by atoms with van der Waals surface area (Å²) in [5.74, 6) is -0.682. The minimum Gasteiger partial charge on any atom is -0.489 e. The fourth-order valence-electron chi connectivity index (χ4n) is 2.85. The Balaban J connectivity index is 1.66. The number of aliphatic carboxylic acids is 1. The minimum absolute atomic E-state index is 0.0442. The van der Waals surface area contributed by atoms with Gasteiger partial charge in [-0.05, 0) is 30.7 Å². The number of nitrogens with zero attached hydrogens (tertiary/aromatic N) is 1. The van der Waals surface area contributed by atoms with Gasteiger partial charge in [0.15, 0.2) is 6.10 Å². The second-order valence-electron chi connectivity index (χ2n) is 6.25. The lowest BCUT2D eigenvalue weighted by Gasteiger charge is -2.31. The molecule has 0 aromatic heterocycles. The van der Waals surface area contributed by atoms with Gasteiger partial charge in [-0.3, -0.25) is 4.79 Å². The van der Waals surface area contributed by atoms with E-state index in [1.165, 1.54) is 4.90 Å². The number of carboxylic acid groups (broad SMARTS) is 1. The molecule has 1 N–H and O–H groups in total. The second-order valence-corrected chi connectivity index (χ2v) is 6.25. The maximum Gasteiger partial charge on any atom is 0.334 e. The molecule has 0 bridgehead atoms. The molecule has 1 aliphatic rings. The number of carbonyl (C=O) groups is 2. The molecule has 1 saturated heterocycles. The predicted molar refractivity (Wildman–Crippen MR) is 95.2 cm³/mol. The third-order valence-electron chi connectivity index (χ3n) is 4.20. The van der Waals surface area contributed by atoms with Crippen LogP contribution >= 0.6 is 0 Å². The second kappa shape index (κ2) is 8.01. The van der Waals surface area contributed by atoms with Crippen LogP contribution in [0.4, 0.5) is 0 Å². The lowest BCUT2D eigenvalue weighted by Crippen LogP contribution is -2.48. The normalized spacial score (nSPS) is 17.0. The molecule has 1 atom stereocenters. The van der Waals surface area contributed by atoms with Gasteiger partial charge in [0.1, 0.15) is 12.4 Å². The van der Waals surface area contributed by atoms with Crippen LogP contribution in [0.15, 0.2) is 48.5 Å². The third kappa shape index (κ3) is 4.40. The predicted octanol–water partition coefficient (Wildman–Crippen LogP) is 2.50. The monoisotopic (exact) mass is 355 g/mol. The summed E-state index contributed by atoms with van der Waals surface area (Å²) in [5, 5.41) is 9.07. The molecule has 0 unspecified atom stereocenters. The van der Waals surface area contributed by atoms with Gasteiger partial charge in [0.25, 0.3) is 5.91 Å². The highest BCUT2D eigenvalue weighted by Crippen LogP contribution is 2.18. The number of benzene rings is 2. The molecule has 1 amide bonds. The molecular formula is C20H21NO5. The van der Waals surface area contributed by atoms with E-state index in [0.717, 1.165) is 11.1 Å². The Morgan fingerprint density at radius 2 is 2.04 bits per heavy atom. The summed E-state index contributed by atoms with van der Waals surface area (Å²) in [6, 6.07) is 15.0. The van der Waals surface area contributed by atoms with Gasteiger partial charge >= 0.3 is 5.97 Å². The van der Waals surface area contributed by atoms with Crippen molar-refractivity contribution in [3.63, 3.8) is 0 Å². The summed E-state index contributed by atoms with van der Waals surface area (Å²) in [4.78, 5) is 25.2. The van der Waals surface area contributed by atoms with Crippen molar-refractivity contribution in [3.8, 4) is 5.75 Å². The van der Waals surface area contributed by atoms with E-state index in [1.807, 2.05) is 25.1 Å². The summed E-state index contributed by atoms with van der Waals surface area (Å²) in [6.07, 6.45) is -0.978. The fraction of sp³-hybridized carbons (Fsp3) is 0.300. The molecule has 2 aromatic carbocycles. The third-order valence-corrected chi connectivity index (χ3v) is 4.20. The number of amides is 1. The molecule has 1 fully saturated rings. The SMILES string of the molecule is Cc1cccc(COc2cccc(C(=O)N3CCO[C@@H](C(=O)O)C3)c2)c1. The van der Waals surface area contributed by atoms with Crippen molar-refractivity contribution >= 4 is 11.9 Å². The zero-order valence-corrected chi connectivity index (χ0v) is 14.6. The van der Waals surface area contributed by atoms with E-state index in [-0.39, 0.29) is 19.1 Å². The molecule has 1 heterocycles. The average Bonchev–Trinajstić information content (AvgIpc) is 2.66. The van der Waals surface area contributed by atoms with E-state index in [2.05, 4.69) is 6.07 Å². The van der Waals surface area contributed by atoms with Crippen LogP contribution in [0.1, 0.15) is 21.5 Å². The summed E-state index contributed by atoms with van der Waals surface area (Å²) in [6.45, 7) is 3.07. The van der Waals surface area contributed by atoms with Crippen LogP contribution in [0.25, 0.3) is 0 Å². The molecule has 0 spiro atoms. The fourth-order valence-corrected chi connectivity index (χ4v) is 2.85. The van der Waals surface area contributed by atoms with Crippen LogP contribution in [-0.4, -0.2) is 47.7 Å². The van der Waals surface area contributed by atoms with Crippen molar-refractivity contribution in [3.05, 3.63) is 65.2 Å². The van der Waals surface area contributed by atoms with Crippen molar-refractivity contribution in [1.29, 1.82) is 0 Å². The molecule has 136 valence electrons. The molecule has 0 saturated carbocycles. The largest absolute Gasteiger partial charge is 0.489 e. The van der Waals surface area contributed by atoms with Crippen LogP contribution < -0.4 is 4.74 Å². The molecule has 0 aliphatic carbocycles. The van der Waals surface area contributed by atoms with Crippen molar-refractivity contribution in [2.75, 3.05) is 19.7 Å². The smallest absolute Gasteiger partial charge is 0.334 e. The summed E-state index contributed by atoms with van der Waals surface area (Å²) in [7, 11) is 0. The van der Waals surface area contributed by atoms with Crippen LogP contribution in [-0.2, 0) is 16.1 Å². The van der Waals surface area contributed by atoms with Gasteiger partial charge in [-0.2, -0.15) is 0 Å². The van der Waals surface area contributed by atoms with Crippen molar-refractivity contribution in [2.24, 2.45) is 0 Å². The zero-order chi connectivity index (χ0) is 18.5. The van der Waals surface area contributed by atoms with E-state index in [9.17, 15) is 9.59 Å². The topological polar surface area (TPSA) is 76.1 Å². The Labute approximate surface area is 152 Å². The van der Waals surface area contributed by atoms with Gasteiger partial charge in [-0.1, -0.05) is 35.9 Å². The molecular weight excluding hydrogens is 334 g/mol. The number of carbonyl (C=O) groups excluding carboxylic acids is 1. The van der Waals surface area contributed by atoms with Crippen LogP contribution in [0.2, 0.25) is 0 Å². The summed E-state index contributed by atoms with van der Waals surface area (Å²) in [5.41, 5.74) is 2.69. The van der Waals surface area contributed by atoms with E-state index >= 15 is 0 Å². The molecule has 2 aromatic rings. The van der Waals surface area contributed by atoms with Gasteiger partial charge < -0.3 is 19.5 Å². The quantitative estimate of drug-likeness (QED) is 0.892. The van der Waals surface area contributed by atoms with E-state index < -0.39 is 12.1 Å². The summed E-state index contributed by atoms with van der Waals surface area (Å²) < 4.78 is 11.0. The Morgan fingerprint density at radius 1 is 1.23 bits per heavy atom. The Kier molecular flexibility index (Phi) is 5.53. The lowest BCUT2D eigenvalue weighted by atomic mass is 10.1. The van der Waals surface area contributed by atoms with Gasteiger partial charge in [0.2, 0.25) is 0 Å². The van der Waals surface area contributed by atoms with Crippen molar-refractivity contribution in [2.45, 2.75) is 19.6 Å². The van der Waals surface area contributed by atoms with Crippen molar-refractivity contribution in [1.82, 2.24) is 4.90 Å². The van der Waals surface area contributed by atoms with Crippen molar-refractivity contribution < 1.29 is 24.2 Å². The maximum absolute atomic E-state index is 12.7. The molecule has 26 heavy (non-hydrogen) atoms. The van der Waals surface area contributed by atoms with Crippen LogP contribution in [0.3, 0.4) is 0 Å². The number of carboxylic acids is 1. The Hall–Kier alpha value is -2.86. The number of rotatable bonds is 5. The summed E-state index contributed by atoms with van der Waals surface area (Å²) >= 11 is 0. The van der Waals surface area contributed by atoms with Crippen LogP contribution in [0, 0.1) is 6.92 Å². The number of morpholine rings is 1. The average molecular weight is 355 g/mol. The van der Waals surface area contributed by atoms with Gasteiger partial charge in [0.05, 0.1) is 13.2 Å². The number of aryl methyl sites for hydroxylation is 1. The Bertz CT molecular complexity index is 804. The van der Waals surface area contributed by atoms with E-state index in [4.69, 9.17) is 14.6 Å². The standard InChI is InChI=1S/C20H21NO5/c1-14-4-2-5-15(10-14)13-26-17-7-3-6-16(11-17)19(22)21-8-9-25-18(12-21)20(23)24/h2-7,10-11,18H,8-9,12-13H2,1H3,(H,23,24)/t18-/m1/s1. The van der Waals surface area contributed by atoms with Crippen LogP contribution in [0.5, 0.6) is 5.75 Å². The number of hydrogen-bond donors (Lipinski definition) is 1. The maximum atomic E-state index is 12.7. The molecule has 6 nitrogen and oxygen atoms in total.